The molecule has 21 heavy (non-hydrogen) atoms. The van der Waals surface area contributed by atoms with Crippen LogP contribution in [0.1, 0.15) is 24.5 Å². The molecule has 0 aromatic heterocycles. The fraction of sp³-hybridized carbons (Fsp3) is 0.222. The molecule has 0 radical (unpaired) electrons. The van der Waals surface area contributed by atoms with Gasteiger partial charge in [0.15, 0.2) is 0 Å². The molecule has 0 atom stereocenters. The molecule has 2 rings (SSSR count). The fourth-order valence-corrected chi connectivity index (χ4v) is 2.60. The number of hydrogen-bond acceptors (Lipinski definition) is 2. The minimum Gasteiger partial charge on any atom is -0.492 e. The van der Waals surface area contributed by atoms with E-state index in [1.54, 1.807) is 0 Å². The lowest BCUT2D eigenvalue weighted by atomic mass is 10.1. The summed E-state index contributed by atoms with van der Waals surface area (Å²) in [6, 6.07) is 14.6. The van der Waals surface area contributed by atoms with Gasteiger partial charge in [0.25, 0.3) is 0 Å². The lowest BCUT2D eigenvalue weighted by molar-refractivity contribution is 0.315. The highest BCUT2D eigenvalue weighted by Crippen LogP contribution is 2.23. The normalized spacial score (nSPS) is 10.8. The van der Waals surface area contributed by atoms with Crippen LogP contribution in [-0.2, 0) is 0 Å². The Morgan fingerprint density at radius 2 is 1.71 bits per heavy atom. The number of rotatable bonds is 6. The second-order valence-corrected chi connectivity index (χ2v) is 5.91. The monoisotopic (exact) mass is 389 g/mol. The van der Waals surface area contributed by atoms with Crippen molar-refractivity contribution < 1.29 is 4.74 Å². The third-order valence-corrected chi connectivity index (χ3v) is 3.93. The average Bonchev–Trinajstić information content (AvgIpc) is 2.52. The SMILES string of the molecule is CCCOc1ccc(/C=C/c2ccc(NC)cc2)cc1[123I]. The average molecular weight is 389 g/mol. The molecule has 2 nitrogen and oxygen atoms in total. The van der Waals surface area contributed by atoms with Gasteiger partial charge in [0.05, 0.1) is 10.2 Å². The Hall–Kier alpha value is -1.49. The number of halogens is 1. The van der Waals surface area contributed by atoms with E-state index in [1.165, 1.54) is 11.1 Å². The van der Waals surface area contributed by atoms with Gasteiger partial charge in [-0.15, -0.1) is 0 Å². The summed E-state index contributed by atoms with van der Waals surface area (Å²) in [6.45, 7) is 2.88. The van der Waals surface area contributed by atoms with Crippen LogP contribution in [0.4, 0.5) is 5.69 Å². The van der Waals surface area contributed by atoms with Crippen molar-refractivity contribution in [2.24, 2.45) is 0 Å². The van der Waals surface area contributed by atoms with Crippen LogP contribution in [0.5, 0.6) is 5.75 Å². The molecule has 2 aromatic rings. The highest BCUT2D eigenvalue weighted by atomic mass is 123. The van der Waals surface area contributed by atoms with Crippen molar-refractivity contribution in [1.29, 1.82) is 0 Å². The van der Waals surface area contributed by atoms with E-state index in [9.17, 15) is 0 Å². The molecule has 3 heteroatoms. The summed E-state index contributed by atoms with van der Waals surface area (Å²) in [5.74, 6) is 0.966. The first-order chi connectivity index (χ1) is 10.2. The Kier molecular flexibility index (Phi) is 6.11. The Balaban J connectivity index is 2.07. The molecule has 0 heterocycles. The van der Waals surface area contributed by atoms with Gasteiger partial charge in [0.1, 0.15) is 5.75 Å². The van der Waals surface area contributed by atoms with Gasteiger partial charge in [0, 0.05) is 12.7 Å². The molecule has 0 bridgehead atoms. The van der Waals surface area contributed by atoms with Crippen LogP contribution in [0.2, 0.25) is 0 Å². The molecule has 0 amide bonds. The zero-order valence-corrected chi connectivity index (χ0v) is 14.6. The highest BCUT2D eigenvalue weighted by molar-refractivity contribution is 14.1. The van der Waals surface area contributed by atoms with E-state index >= 15 is 0 Å². The van der Waals surface area contributed by atoms with Crippen LogP contribution >= 0.6 is 22.6 Å². The molecule has 110 valence electrons. The smallest absolute Gasteiger partial charge is 0.132 e. The second-order valence-electron chi connectivity index (χ2n) is 4.74. The quantitative estimate of drug-likeness (QED) is 0.535. The maximum atomic E-state index is 5.69. The highest BCUT2D eigenvalue weighted by Gasteiger charge is 2.00. The zero-order chi connectivity index (χ0) is 15.1. The van der Waals surface area contributed by atoms with Crippen LogP contribution in [0.15, 0.2) is 42.5 Å². The summed E-state index contributed by atoms with van der Waals surface area (Å²) in [5, 5.41) is 3.12. The van der Waals surface area contributed by atoms with E-state index in [0.29, 0.717) is 0 Å². The van der Waals surface area contributed by atoms with Gasteiger partial charge >= 0.3 is 0 Å². The Morgan fingerprint density at radius 3 is 2.33 bits per heavy atom. The third kappa shape index (κ3) is 4.77. The first-order valence-electron chi connectivity index (χ1n) is 7.11. The first kappa shape index (κ1) is 15.9. The van der Waals surface area contributed by atoms with Crippen LogP contribution in [0.3, 0.4) is 0 Å². The van der Waals surface area contributed by atoms with E-state index < -0.39 is 0 Å². The summed E-state index contributed by atoms with van der Waals surface area (Å²) in [7, 11) is 1.93. The van der Waals surface area contributed by atoms with Gasteiger partial charge in [-0.05, 0) is 64.4 Å². The first-order valence-corrected chi connectivity index (χ1v) is 8.19. The number of anilines is 1. The largest absolute Gasteiger partial charge is 0.492 e. The van der Waals surface area contributed by atoms with Crippen LogP contribution in [-0.4, -0.2) is 13.7 Å². The Bertz CT molecular complexity index is 605. The van der Waals surface area contributed by atoms with Crippen molar-refractivity contribution in [2.75, 3.05) is 19.0 Å². The van der Waals surface area contributed by atoms with Gasteiger partial charge < -0.3 is 10.1 Å². The van der Waals surface area contributed by atoms with Crippen LogP contribution < -0.4 is 10.1 Å². The number of ether oxygens (including phenoxy) is 1. The molecule has 0 aliphatic heterocycles. The molecule has 0 saturated carbocycles. The van der Waals surface area contributed by atoms with Gasteiger partial charge in [-0.2, -0.15) is 0 Å². The molecular weight excluding hydrogens is 369 g/mol. The summed E-state index contributed by atoms with van der Waals surface area (Å²) in [4.78, 5) is 0. The van der Waals surface area contributed by atoms with Crippen molar-refractivity contribution in [3.63, 3.8) is 0 Å². The van der Waals surface area contributed by atoms with Crippen molar-refractivity contribution in [2.45, 2.75) is 13.3 Å². The van der Waals surface area contributed by atoms with E-state index in [-0.39, 0.29) is 0 Å². The molecule has 0 unspecified atom stereocenters. The topological polar surface area (TPSA) is 21.3 Å². The summed E-state index contributed by atoms with van der Waals surface area (Å²) in [5.41, 5.74) is 3.50. The number of hydrogen-bond donors (Lipinski definition) is 1. The molecule has 0 fully saturated rings. The minimum absolute atomic E-state index is 0.767. The van der Waals surface area contributed by atoms with Crippen LogP contribution in [0.25, 0.3) is 12.2 Å². The zero-order valence-electron chi connectivity index (χ0n) is 12.4. The van der Waals surface area contributed by atoms with Crippen molar-refractivity contribution in [1.82, 2.24) is 0 Å². The Labute approximate surface area is 140 Å². The van der Waals surface area contributed by atoms with E-state index in [2.05, 4.69) is 83.4 Å². The van der Waals surface area contributed by atoms with E-state index in [0.717, 1.165) is 28.0 Å². The van der Waals surface area contributed by atoms with Gasteiger partial charge in [-0.1, -0.05) is 37.3 Å². The predicted octanol–water partition coefficient (Wildman–Crippen LogP) is 5.29. The molecule has 1 N–H and O–H groups in total. The van der Waals surface area contributed by atoms with Crippen LogP contribution in [0, 0.1) is 3.57 Å². The summed E-state index contributed by atoms with van der Waals surface area (Å²) >= 11 is 2.32. The maximum absolute atomic E-state index is 5.69. The summed E-state index contributed by atoms with van der Waals surface area (Å²) in [6.07, 6.45) is 5.28. The number of nitrogens with one attached hydrogen (secondary N) is 1. The Morgan fingerprint density at radius 1 is 1.05 bits per heavy atom. The van der Waals surface area contributed by atoms with E-state index in [1.807, 2.05) is 13.1 Å². The molecule has 0 aliphatic rings. The standard InChI is InChI=1S/C18H20INO/c1-3-12-21-18-11-8-15(13-17(18)19)5-4-14-6-9-16(20-2)10-7-14/h4-11,13,20H,3,12H2,1-2H3/b5-4+/i19-4. The molecule has 2 aromatic carbocycles. The molecule has 0 saturated heterocycles. The van der Waals surface area contributed by atoms with Crippen molar-refractivity contribution >= 4 is 40.4 Å². The van der Waals surface area contributed by atoms with Gasteiger partial charge in [0.2, 0.25) is 0 Å². The molecular formula is C18H20INO. The predicted molar refractivity (Wildman–Crippen MR) is 99.9 cm³/mol. The molecule has 0 aliphatic carbocycles. The second kappa shape index (κ2) is 8.08. The maximum Gasteiger partial charge on any atom is 0.132 e. The fourth-order valence-electron chi connectivity index (χ4n) is 1.90. The molecule has 0 spiro atoms. The van der Waals surface area contributed by atoms with E-state index in [4.69, 9.17) is 4.74 Å². The van der Waals surface area contributed by atoms with Gasteiger partial charge in [-0.25, -0.2) is 0 Å². The van der Waals surface area contributed by atoms with Gasteiger partial charge in [-0.3, -0.25) is 0 Å². The summed E-state index contributed by atoms with van der Waals surface area (Å²) < 4.78 is 6.84. The lowest BCUT2D eigenvalue weighted by Gasteiger charge is -2.07. The van der Waals surface area contributed by atoms with Crippen molar-refractivity contribution in [3.05, 3.63) is 57.2 Å². The lowest BCUT2D eigenvalue weighted by Crippen LogP contribution is -1.96. The van der Waals surface area contributed by atoms with Crippen molar-refractivity contribution in [3.8, 4) is 5.75 Å². The third-order valence-electron chi connectivity index (χ3n) is 3.09. The minimum atomic E-state index is 0.767. The number of benzene rings is 2.